The Hall–Kier alpha value is -0.940. The number of carbonyl (C=O) groups excluding carboxylic acids is 1. The van der Waals surface area contributed by atoms with Crippen LogP contribution in [-0.4, -0.2) is 18.0 Å². The van der Waals surface area contributed by atoms with E-state index in [1.807, 2.05) is 0 Å². The van der Waals surface area contributed by atoms with Crippen molar-refractivity contribution < 1.29 is 9.63 Å². The number of halogens is 1. The molecule has 0 aliphatic rings. The minimum absolute atomic E-state index is 0.308. The average molecular weight is 231 g/mol. The van der Waals surface area contributed by atoms with Crippen LogP contribution in [0.15, 0.2) is 22.9 Å². The van der Waals surface area contributed by atoms with Crippen molar-refractivity contribution >= 4 is 21.8 Å². The van der Waals surface area contributed by atoms with Crippen LogP contribution < -0.4 is 5.48 Å². The molecule has 0 radical (unpaired) electrons. The lowest BCUT2D eigenvalue weighted by molar-refractivity contribution is 0.0537. The molecule has 0 aliphatic carbocycles. The predicted octanol–water partition coefficient (Wildman–Crippen LogP) is 1.14. The smallest absolute Gasteiger partial charge is 0.276 e. The molecule has 0 unspecified atom stereocenters. The molecule has 1 aromatic rings. The Balaban J connectivity index is 2.75. The second kappa shape index (κ2) is 4.18. The Kier molecular flexibility index (Phi) is 3.19. The Morgan fingerprint density at radius 2 is 2.42 bits per heavy atom. The van der Waals surface area contributed by atoms with Gasteiger partial charge < -0.3 is 0 Å². The van der Waals surface area contributed by atoms with Gasteiger partial charge in [-0.3, -0.25) is 9.63 Å². The summed E-state index contributed by atoms with van der Waals surface area (Å²) < 4.78 is 0.691. The fraction of sp³-hybridized carbons (Fsp3) is 0.143. The van der Waals surface area contributed by atoms with E-state index in [1.54, 1.807) is 12.1 Å². The fourth-order valence-corrected chi connectivity index (χ4v) is 0.896. The van der Waals surface area contributed by atoms with Crippen LogP contribution in [0.25, 0.3) is 0 Å². The molecule has 5 heteroatoms. The second-order valence-electron chi connectivity index (χ2n) is 2.00. The van der Waals surface area contributed by atoms with Gasteiger partial charge in [-0.25, -0.2) is 10.5 Å². The van der Waals surface area contributed by atoms with E-state index in [0.29, 0.717) is 10.2 Å². The number of hydroxylamine groups is 1. The number of pyridine rings is 1. The molecule has 1 rings (SSSR count). The maximum absolute atomic E-state index is 11.1. The molecule has 0 aromatic carbocycles. The molecule has 0 bridgehead atoms. The summed E-state index contributed by atoms with van der Waals surface area (Å²) in [6, 6.07) is 3.33. The summed E-state index contributed by atoms with van der Waals surface area (Å²) in [5.41, 5.74) is 2.65. The van der Waals surface area contributed by atoms with Crippen molar-refractivity contribution in [3.05, 3.63) is 28.5 Å². The van der Waals surface area contributed by atoms with Crippen LogP contribution in [0.4, 0.5) is 0 Å². The Morgan fingerprint density at radius 1 is 1.67 bits per heavy atom. The first-order valence-corrected chi connectivity index (χ1v) is 3.98. The van der Waals surface area contributed by atoms with Crippen LogP contribution >= 0.6 is 15.9 Å². The minimum atomic E-state index is -0.308. The number of rotatable bonds is 2. The van der Waals surface area contributed by atoms with Crippen LogP contribution in [0.2, 0.25) is 0 Å². The average Bonchev–Trinajstić information content (AvgIpc) is 2.06. The van der Waals surface area contributed by atoms with E-state index >= 15 is 0 Å². The van der Waals surface area contributed by atoms with Gasteiger partial charge in [0, 0.05) is 6.20 Å². The van der Waals surface area contributed by atoms with Crippen LogP contribution in [0, 0.1) is 0 Å². The molecule has 1 aromatic heterocycles. The van der Waals surface area contributed by atoms with Crippen molar-refractivity contribution in [2.75, 3.05) is 7.11 Å². The summed E-state index contributed by atoms with van der Waals surface area (Å²) in [5, 5.41) is 0. The molecule has 0 atom stereocenters. The zero-order chi connectivity index (χ0) is 8.97. The number of hydrogen-bond donors (Lipinski definition) is 1. The molecule has 0 fully saturated rings. The monoisotopic (exact) mass is 230 g/mol. The van der Waals surface area contributed by atoms with E-state index in [-0.39, 0.29) is 5.91 Å². The number of aromatic nitrogens is 1. The van der Waals surface area contributed by atoms with E-state index in [9.17, 15) is 4.79 Å². The maximum atomic E-state index is 11.1. The molecular weight excluding hydrogens is 224 g/mol. The van der Waals surface area contributed by atoms with E-state index in [1.165, 1.54) is 13.3 Å². The highest BCUT2D eigenvalue weighted by molar-refractivity contribution is 9.10. The van der Waals surface area contributed by atoms with E-state index in [0.717, 1.165) is 0 Å². The van der Waals surface area contributed by atoms with Crippen LogP contribution in [0.3, 0.4) is 0 Å². The van der Waals surface area contributed by atoms with Crippen molar-refractivity contribution in [3.8, 4) is 0 Å². The van der Waals surface area contributed by atoms with Gasteiger partial charge in [0.15, 0.2) is 0 Å². The summed E-state index contributed by atoms with van der Waals surface area (Å²) in [6.07, 6.45) is 1.46. The van der Waals surface area contributed by atoms with E-state index in [2.05, 4.69) is 31.2 Å². The highest BCUT2D eigenvalue weighted by Crippen LogP contribution is 2.05. The summed E-state index contributed by atoms with van der Waals surface area (Å²) in [5.74, 6) is -0.308. The number of nitrogens with one attached hydrogen (secondary N) is 1. The molecule has 0 saturated heterocycles. The number of nitrogens with zero attached hydrogens (tertiary/aromatic N) is 1. The molecule has 0 spiro atoms. The minimum Gasteiger partial charge on any atom is -0.277 e. The number of carbonyl (C=O) groups is 1. The number of hydrogen-bond acceptors (Lipinski definition) is 3. The second-order valence-corrected chi connectivity index (χ2v) is 2.82. The van der Waals surface area contributed by atoms with Crippen molar-refractivity contribution in [2.24, 2.45) is 0 Å². The molecule has 0 saturated carbocycles. The third-order valence-electron chi connectivity index (χ3n) is 1.18. The molecule has 1 N–H and O–H groups in total. The lowest BCUT2D eigenvalue weighted by Crippen LogP contribution is -2.21. The zero-order valence-electron chi connectivity index (χ0n) is 6.37. The highest BCUT2D eigenvalue weighted by atomic mass is 79.9. The summed E-state index contributed by atoms with van der Waals surface area (Å²) in [7, 11) is 1.38. The topological polar surface area (TPSA) is 51.2 Å². The summed E-state index contributed by atoms with van der Waals surface area (Å²) >= 11 is 3.16. The van der Waals surface area contributed by atoms with Gasteiger partial charge >= 0.3 is 0 Å². The third kappa shape index (κ3) is 2.28. The SMILES string of the molecule is CONC(=O)c1ccc(Br)nc1. The molecule has 0 aliphatic heterocycles. The lowest BCUT2D eigenvalue weighted by Gasteiger charge is -2.00. The largest absolute Gasteiger partial charge is 0.277 e. The summed E-state index contributed by atoms with van der Waals surface area (Å²) in [4.78, 5) is 19.4. The fourth-order valence-electron chi connectivity index (χ4n) is 0.662. The molecule has 1 heterocycles. The highest BCUT2D eigenvalue weighted by Gasteiger charge is 2.03. The number of amides is 1. The maximum Gasteiger partial charge on any atom is 0.276 e. The first-order valence-electron chi connectivity index (χ1n) is 3.19. The molecule has 64 valence electrons. The Bertz CT molecular complexity index is 273. The molecule has 1 amide bonds. The molecule has 12 heavy (non-hydrogen) atoms. The zero-order valence-corrected chi connectivity index (χ0v) is 7.96. The van der Waals surface area contributed by atoms with E-state index in [4.69, 9.17) is 0 Å². The van der Waals surface area contributed by atoms with Crippen LogP contribution in [-0.2, 0) is 4.84 Å². The van der Waals surface area contributed by atoms with E-state index < -0.39 is 0 Å². The molecular formula is C7H7BrN2O2. The molecule has 4 nitrogen and oxygen atoms in total. The normalized spacial score (nSPS) is 9.50. The quantitative estimate of drug-likeness (QED) is 0.613. The van der Waals surface area contributed by atoms with Gasteiger partial charge in [-0.1, -0.05) is 0 Å². The Labute approximate surface area is 78.0 Å². The van der Waals surface area contributed by atoms with Crippen molar-refractivity contribution in [2.45, 2.75) is 0 Å². The third-order valence-corrected chi connectivity index (χ3v) is 1.65. The van der Waals surface area contributed by atoms with Gasteiger partial charge in [0.05, 0.1) is 12.7 Å². The first kappa shape index (κ1) is 9.15. The van der Waals surface area contributed by atoms with Gasteiger partial charge in [0.2, 0.25) is 0 Å². The van der Waals surface area contributed by atoms with Gasteiger partial charge in [-0.15, -0.1) is 0 Å². The van der Waals surface area contributed by atoms with Crippen molar-refractivity contribution in [1.82, 2.24) is 10.5 Å². The van der Waals surface area contributed by atoms with Crippen molar-refractivity contribution in [3.63, 3.8) is 0 Å². The van der Waals surface area contributed by atoms with Crippen LogP contribution in [0.1, 0.15) is 10.4 Å². The van der Waals surface area contributed by atoms with Gasteiger partial charge in [-0.05, 0) is 28.1 Å². The summed E-state index contributed by atoms with van der Waals surface area (Å²) in [6.45, 7) is 0. The van der Waals surface area contributed by atoms with Gasteiger partial charge in [0.25, 0.3) is 5.91 Å². The van der Waals surface area contributed by atoms with Crippen molar-refractivity contribution in [1.29, 1.82) is 0 Å². The standard InChI is InChI=1S/C7H7BrN2O2/c1-12-10-7(11)5-2-3-6(8)9-4-5/h2-4H,1H3,(H,10,11). The van der Waals surface area contributed by atoms with Crippen LogP contribution in [0.5, 0.6) is 0 Å². The predicted molar refractivity (Wildman–Crippen MR) is 46.4 cm³/mol. The Morgan fingerprint density at radius 3 is 2.92 bits per heavy atom. The van der Waals surface area contributed by atoms with Gasteiger partial charge in [0.1, 0.15) is 4.60 Å². The first-order chi connectivity index (χ1) is 5.74. The lowest BCUT2D eigenvalue weighted by atomic mass is 10.3. The van der Waals surface area contributed by atoms with Gasteiger partial charge in [-0.2, -0.15) is 0 Å².